The Labute approximate surface area is 140 Å². The lowest BCUT2D eigenvalue weighted by molar-refractivity contribution is -0.149. The van der Waals surface area contributed by atoms with Crippen LogP contribution in [0.25, 0.3) is 0 Å². The van der Waals surface area contributed by atoms with Crippen molar-refractivity contribution < 1.29 is 28.9 Å². The number of aliphatic carboxylic acids is 1. The lowest BCUT2D eigenvalue weighted by Gasteiger charge is -2.31. The highest BCUT2D eigenvalue weighted by molar-refractivity contribution is 5.76. The highest BCUT2D eigenvalue weighted by Crippen LogP contribution is 2.12. The third-order valence-corrected chi connectivity index (χ3v) is 3.63. The van der Waals surface area contributed by atoms with Gasteiger partial charge in [-0.1, -0.05) is 18.2 Å². The summed E-state index contributed by atoms with van der Waals surface area (Å²) in [4.78, 5) is 22.6. The summed E-state index contributed by atoms with van der Waals surface area (Å²) in [5.74, 6) is -0.351. The first-order chi connectivity index (χ1) is 11.6. The van der Waals surface area contributed by atoms with Gasteiger partial charge < -0.3 is 24.6 Å². The van der Waals surface area contributed by atoms with Crippen molar-refractivity contribution >= 4 is 11.9 Å². The Morgan fingerprint density at radius 2 is 2.08 bits per heavy atom. The number of amides is 1. The Balaban J connectivity index is 1.67. The number of carbonyl (C=O) groups is 2. The Hall–Kier alpha value is -2.12. The van der Waals surface area contributed by atoms with E-state index in [0.717, 1.165) is 5.75 Å². The van der Waals surface area contributed by atoms with Crippen LogP contribution in [0.2, 0.25) is 0 Å². The van der Waals surface area contributed by atoms with E-state index in [9.17, 15) is 9.59 Å². The SMILES string of the molecule is O=C(O)CO[C@@H]1COCC[C@H]1NC(=O)CCCOc1ccccc1. The minimum absolute atomic E-state index is 0.0949. The van der Waals surface area contributed by atoms with Crippen LogP contribution in [0.5, 0.6) is 5.75 Å². The Morgan fingerprint density at radius 1 is 1.29 bits per heavy atom. The van der Waals surface area contributed by atoms with Crippen LogP contribution < -0.4 is 10.1 Å². The maximum atomic E-state index is 12.0. The highest BCUT2D eigenvalue weighted by Gasteiger charge is 2.28. The number of hydrogen-bond donors (Lipinski definition) is 2. The molecule has 1 fully saturated rings. The lowest BCUT2D eigenvalue weighted by Crippen LogP contribution is -2.50. The topological polar surface area (TPSA) is 94.1 Å². The molecular formula is C17H23NO6. The van der Waals surface area contributed by atoms with Crippen LogP contribution in [-0.4, -0.2) is 55.6 Å². The van der Waals surface area contributed by atoms with Gasteiger partial charge >= 0.3 is 5.97 Å². The molecule has 1 saturated heterocycles. The average molecular weight is 337 g/mol. The number of para-hydroxylation sites is 1. The van der Waals surface area contributed by atoms with Crippen molar-refractivity contribution in [2.75, 3.05) is 26.4 Å². The number of carboxylic acid groups (broad SMARTS) is 1. The van der Waals surface area contributed by atoms with Gasteiger partial charge in [0.05, 0.1) is 19.3 Å². The van der Waals surface area contributed by atoms with Crippen molar-refractivity contribution in [1.82, 2.24) is 5.32 Å². The molecule has 0 saturated carbocycles. The molecule has 0 radical (unpaired) electrons. The summed E-state index contributed by atoms with van der Waals surface area (Å²) in [5.41, 5.74) is 0. The van der Waals surface area contributed by atoms with Crippen molar-refractivity contribution in [2.24, 2.45) is 0 Å². The molecule has 24 heavy (non-hydrogen) atoms. The Morgan fingerprint density at radius 3 is 2.83 bits per heavy atom. The number of carboxylic acids is 1. The second kappa shape index (κ2) is 9.89. The van der Waals surface area contributed by atoms with Crippen molar-refractivity contribution in [3.05, 3.63) is 30.3 Å². The molecule has 0 bridgehead atoms. The number of hydrogen-bond acceptors (Lipinski definition) is 5. The van der Waals surface area contributed by atoms with Crippen LogP contribution in [0, 0.1) is 0 Å². The van der Waals surface area contributed by atoms with Crippen LogP contribution >= 0.6 is 0 Å². The zero-order valence-electron chi connectivity index (χ0n) is 13.5. The van der Waals surface area contributed by atoms with Gasteiger partial charge in [0.2, 0.25) is 5.91 Å². The van der Waals surface area contributed by atoms with Crippen molar-refractivity contribution in [1.29, 1.82) is 0 Å². The van der Waals surface area contributed by atoms with Gasteiger partial charge in [-0.05, 0) is 25.0 Å². The van der Waals surface area contributed by atoms with Crippen LogP contribution in [-0.2, 0) is 19.1 Å². The first-order valence-electron chi connectivity index (χ1n) is 8.03. The molecule has 1 aromatic carbocycles. The molecule has 1 aliphatic heterocycles. The van der Waals surface area contributed by atoms with Gasteiger partial charge in [-0.2, -0.15) is 0 Å². The van der Waals surface area contributed by atoms with E-state index in [-0.39, 0.29) is 18.6 Å². The molecule has 1 heterocycles. The largest absolute Gasteiger partial charge is 0.494 e. The number of ether oxygens (including phenoxy) is 3. The lowest BCUT2D eigenvalue weighted by atomic mass is 10.1. The molecule has 1 aliphatic rings. The molecule has 2 N–H and O–H groups in total. The van der Waals surface area contributed by atoms with Gasteiger partial charge in [-0.15, -0.1) is 0 Å². The van der Waals surface area contributed by atoms with E-state index in [1.807, 2.05) is 30.3 Å². The molecule has 7 heteroatoms. The van der Waals surface area contributed by atoms with Gasteiger partial charge in [0.1, 0.15) is 18.5 Å². The number of nitrogens with one attached hydrogen (secondary N) is 1. The molecule has 132 valence electrons. The minimum atomic E-state index is -1.04. The predicted molar refractivity (Wildman–Crippen MR) is 85.9 cm³/mol. The fraction of sp³-hybridized carbons (Fsp3) is 0.529. The second-order valence-corrected chi connectivity index (χ2v) is 5.55. The summed E-state index contributed by atoms with van der Waals surface area (Å²) < 4.78 is 16.1. The second-order valence-electron chi connectivity index (χ2n) is 5.55. The number of carbonyl (C=O) groups excluding carboxylic acids is 1. The number of benzene rings is 1. The van der Waals surface area contributed by atoms with E-state index in [4.69, 9.17) is 19.3 Å². The molecule has 2 rings (SSSR count). The fourth-order valence-electron chi connectivity index (χ4n) is 2.44. The van der Waals surface area contributed by atoms with Crippen LogP contribution in [0.3, 0.4) is 0 Å². The molecule has 0 spiro atoms. The minimum Gasteiger partial charge on any atom is -0.494 e. The summed E-state index contributed by atoms with van der Waals surface area (Å²) in [5, 5.41) is 11.6. The van der Waals surface area contributed by atoms with E-state index >= 15 is 0 Å². The van der Waals surface area contributed by atoms with Crippen molar-refractivity contribution in [2.45, 2.75) is 31.4 Å². The first kappa shape index (κ1) is 18.2. The van der Waals surface area contributed by atoms with E-state index in [0.29, 0.717) is 32.5 Å². The summed E-state index contributed by atoms with van der Waals surface area (Å²) >= 11 is 0. The van der Waals surface area contributed by atoms with Gasteiger partial charge in [0.15, 0.2) is 0 Å². The van der Waals surface area contributed by atoms with Gasteiger partial charge in [-0.25, -0.2) is 4.79 Å². The standard InChI is InChI=1S/C17H23NO6/c19-16(7-4-9-23-13-5-2-1-3-6-13)18-14-8-10-22-11-15(14)24-12-17(20)21/h1-3,5-6,14-15H,4,7-12H2,(H,18,19)(H,20,21)/t14-,15-/m1/s1. The quantitative estimate of drug-likeness (QED) is 0.658. The molecule has 7 nitrogen and oxygen atoms in total. The summed E-state index contributed by atoms with van der Waals surface area (Å²) in [6.07, 6.45) is 1.12. The Kier molecular flexibility index (Phi) is 7.51. The van der Waals surface area contributed by atoms with E-state index < -0.39 is 18.7 Å². The highest BCUT2D eigenvalue weighted by atomic mass is 16.5. The normalized spacial score (nSPS) is 20.3. The maximum Gasteiger partial charge on any atom is 0.329 e. The predicted octanol–water partition coefficient (Wildman–Crippen LogP) is 1.22. The Bertz CT molecular complexity index is 521. The molecule has 1 aromatic rings. The van der Waals surface area contributed by atoms with E-state index in [2.05, 4.69) is 5.32 Å². The summed E-state index contributed by atoms with van der Waals surface area (Å²) in [6.45, 7) is 0.875. The van der Waals surface area contributed by atoms with Crippen LogP contribution in [0.1, 0.15) is 19.3 Å². The van der Waals surface area contributed by atoms with Crippen molar-refractivity contribution in [3.8, 4) is 5.75 Å². The van der Waals surface area contributed by atoms with Gasteiger partial charge in [-0.3, -0.25) is 4.79 Å². The third kappa shape index (κ3) is 6.55. The summed E-state index contributed by atoms with van der Waals surface area (Å²) in [6, 6.07) is 9.21. The number of rotatable bonds is 9. The molecule has 0 aromatic heterocycles. The van der Waals surface area contributed by atoms with E-state index in [1.165, 1.54) is 0 Å². The first-order valence-corrected chi connectivity index (χ1v) is 8.03. The van der Waals surface area contributed by atoms with E-state index in [1.54, 1.807) is 0 Å². The fourth-order valence-corrected chi connectivity index (χ4v) is 2.44. The van der Waals surface area contributed by atoms with Gasteiger partial charge in [0.25, 0.3) is 0 Å². The molecule has 0 aliphatic carbocycles. The molecule has 2 atom stereocenters. The van der Waals surface area contributed by atoms with Gasteiger partial charge in [0, 0.05) is 13.0 Å². The maximum absolute atomic E-state index is 12.0. The molecule has 0 unspecified atom stereocenters. The molecular weight excluding hydrogens is 314 g/mol. The van der Waals surface area contributed by atoms with Crippen LogP contribution in [0.4, 0.5) is 0 Å². The average Bonchev–Trinajstić information content (AvgIpc) is 2.59. The monoisotopic (exact) mass is 337 g/mol. The zero-order chi connectivity index (χ0) is 17.2. The smallest absolute Gasteiger partial charge is 0.329 e. The third-order valence-electron chi connectivity index (χ3n) is 3.63. The zero-order valence-corrected chi connectivity index (χ0v) is 13.5. The van der Waals surface area contributed by atoms with Crippen molar-refractivity contribution in [3.63, 3.8) is 0 Å². The molecule has 1 amide bonds. The summed E-state index contributed by atoms with van der Waals surface area (Å²) in [7, 11) is 0. The van der Waals surface area contributed by atoms with Crippen LogP contribution in [0.15, 0.2) is 30.3 Å².